The van der Waals surface area contributed by atoms with Gasteiger partial charge < -0.3 is 9.30 Å². The molecule has 1 aromatic carbocycles. The number of ether oxygens (including phenoxy) is 1. The molecular weight excluding hydrogens is 334 g/mol. The van der Waals surface area contributed by atoms with Crippen molar-refractivity contribution < 1.29 is 4.74 Å². The fourth-order valence-electron chi connectivity index (χ4n) is 3.10. The normalized spacial score (nSPS) is 11.4. The van der Waals surface area contributed by atoms with Crippen molar-refractivity contribution in [2.45, 2.75) is 47.5 Å². The van der Waals surface area contributed by atoms with Crippen LogP contribution in [0, 0.1) is 18.8 Å². The molecule has 0 radical (unpaired) electrons. The van der Waals surface area contributed by atoms with Gasteiger partial charge in [-0.05, 0) is 43.7 Å². The zero-order valence-corrected chi connectivity index (χ0v) is 16.8. The summed E-state index contributed by atoms with van der Waals surface area (Å²) in [5.74, 6) is 1.62. The molecule has 0 fully saturated rings. The summed E-state index contributed by atoms with van der Waals surface area (Å²) in [6.07, 6.45) is 1.63. The van der Waals surface area contributed by atoms with Crippen molar-refractivity contribution in [3.63, 3.8) is 0 Å². The molecule has 0 bridgehead atoms. The molecule has 3 nitrogen and oxygen atoms in total. The number of benzene rings is 1. The first kappa shape index (κ1) is 19.6. The van der Waals surface area contributed by atoms with Crippen molar-refractivity contribution in [3.05, 3.63) is 56.5 Å². The monoisotopic (exact) mass is 361 g/mol. The predicted molar refractivity (Wildman–Crippen MR) is 105 cm³/mol. The van der Waals surface area contributed by atoms with E-state index in [-0.39, 0.29) is 5.43 Å². The molecule has 0 aliphatic heterocycles. The highest BCUT2D eigenvalue weighted by Crippen LogP contribution is 2.30. The third-order valence-corrected chi connectivity index (χ3v) is 4.59. The summed E-state index contributed by atoms with van der Waals surface area (Å²) in [5, 5.41) is 0.652. The van der Waals surface area contributed by atoms with Crippen molar-refractivity contribution >= 4 is 11.6 Å². The molecular formula is C21H28ClNO2. The highest BCUT2D eigenvalue weighted by atomic mass is 35.5. The Bertz CT molecular complexity index is 806. The summed E-state index contributed by atoms with van der Waals surface area (Å²) < 4.78 is 7.56. The van der Waals surface area contributed by atoms with Crippen molar-refractivity contribution in [2.24, 2.45) is 11.8 Å². The third-order valence-electron chi connectivity index (χ3n) is 4.27. The molecule has 0 saturated heterocycles. The van der Waals surface area contributed by atoms with Crippen LogP contribution in [0.1, 0.15) is 44.6 Å². The van der Waals surface area contributed by atoms with Gasteiger partial charge in [0, 0.05) is 29.1 Å². The number of nitrogens with zero attached hydrogens (tertiary/aromatic N) is 1. The third kappa shape index (κ3) is 4.46. The minimum Gasteiger partial charge on any atom is -0.497 e. The molecule has 0 atom stereocenters. The van der Waals surface area contributed by atoms with E-state index in [0.29, 0.717) is 16.9 Å². The second-order valence-corrected chi connectivity index (χ2v) is 7.83. The minimum absolute atomic E-state index is 0.0987. The van der Waals surface area contributed by atoms with E-state index in [9.17, 15) is 4.79 Å². The zero-order valence-electron chi connectivity index (χ0n) is 16.0. The fraction of sp³-hybridized carbons (Fsp3) is 0.476. The van der Waals surface area contributed by atoms with Crippen LogP contribution >= 0.6 is 11.6 Å². The highest BCUT2D eigenvalue weighted by Gasteiger charge is 2.18. The summed E-state index contributed by atoms with van der Waals surface area (Å²) in [7, 11) is 1.65. The maximum Gasteiger partial charge on any atom is 0.185 e. The van der Waals surface area contributed by atoms with E-state index in [4.69, 9.17) is 16.3 Å². The van der Waals surface area contributed by atoms with Crippen LogP contribution in [-0.2, 0) is 12.8 Å². The van der Waals surface area contributed by atoms with E-state index in [1.807, 2.05) is 25.1 Å². The van der Waals surface area contributed by atoms with Gasteiger partial charge >= 0.3 is 0 Å². The first-order valence-electron chi connectivity index (χ1n) is 8.82. The van der Waals surface area contributed by atoms with Crippen molar-refractivity contribution in [1.82, 2.24) is 4.57 Å². The van der Waals surface area contributed by atoms with Crippen molar-refractivity contribution in [1.29, 1.82) is 0 Å². The van der Waals surface area contributed by atoms with Crippen LogP contribution in [0.2, 0.25) is 5.02 Å². The largest absolute Gasteiger partial charge is 0.497 e. The maximum atomic E-state index is 12.5. The zero-order chi connectivity index (χ0) is 18.7. The van der Waals surface area contributed by atoms with E-state index in [2.05, 4.69) is 32.3 Å². The van der Waals surface area contributed by atoms with Gasteiger partial charge in [0.25, 0.3) is 0 Å². The number of aromatic nitrogens is 1. The summed E-state index contributed by atoms with van der Waals surface area (Å²) in [4.78, 5) is 12.5. The molecule has 2 rings (SSSR count). The minimum atomic E-state index is 0.0987. The lowest BCUT2D eigenvalue weighted by molar-refractivity contribution is 0.414. The van der Waals surface area contributed by atoms with E-state index in [0.717, 1.165) is 41.2 Å². The Hall–Kier alpha value is -1.74. The Labute approximate surface area is 155 Å². The lowest BCUT2D eigenvalue weighted by Gasteiger charge is -2.24. The van der Waals surface area contributed by atoms with E-state index in [1.54, 1.807) is 13.2 Å². The number of hydrogen-bond acceptors (Lipinski definition) is 2. The Kier molecular flexibility index (Phi) is 6.34. The smallest absolute Gasteiger partial charge is 0.185 e. The molecule has 0 unspecified atom stereocenters. The molecule has 136 valence electrons. The van der Waals surface area contributed by atoms with Crippen molar-refractivity contribution in [3.8, 4) is 11.4 Å². The molecule has 0 spiro atoms. The predicted octanol–water partition coefficient (Wildman–Crippen LogP) is 5.20. The average molecular weight is 362 g/mol. The number of methoxy groups -OCH3 is 1. The average Bonchev–Trinajstić information content (AvgIpc) is 2.52. The van der Waals surface area contributed by atoms with Crippen molar-refractivity contribution in [2.75, 3.05) is 7.11 Å². The van der Waals surface area contributed by atoms with Gasteiger partial charge in [-0.15, -0.1) is 0 Å². The first-order valence-corrected chi connectivity index (χ1v) is 9.20. The van der Waals surface area contributed by atoms with Gasteiger partial charge in [0.2, 0.25) is 0 Å². The van der Waals surface area contributed by atoms with E-state index < -0.39 is 0 Å². The topological polar surface area (TPSA) is 31.2 Å². The van der Waals surface area contributed by atoms with Gasteiger partial charge in [0.15, 0.2) is 5.43 Å². The second kappa shape index (κ2) is 8.09. The lowest BCUT2D eigenvalue weighted by Crippen LogP contribution is -2.22. The number of halogens is 1. The van der Waals surface area contributed by atoms with Crippen LogP contribution in [0.15, 0.2) is 29.1 Å². The standard InChI is InChI=1S/C21H28ClNO2/c1-13(2)9-16-11-21(24)15(5)19(10-14(3)4)23(16)20-12-17(25-6)7-8-18(20)22/h7-8,11-14H,9-10H2,1-6H3. The number of rotatable bonds is 6. The molecule has 2 aromatic rings. The molecule has 0 amide bonds. The van der Waals surface area contributed by atoms with E-state index in [1.165, 1.54) is 0 Å². The summed E-state index contributed by atoms with van der Waals surface area (Å²) in [6.45, 7) is 10.5. The van der Waals surface area contributed by atoms with Crippen LogP contribution in [0.3, 0.4) is 0 Å². The molecule has 0 aliphatic carbocycles. The number of pyridine rings is 1. The van der Waals surface area contributed by atoms with Gasteiger partial charge in [-0.1, -0.05) is 39.3 Å². The van der Waals surface area contributed by atoms with Gasteiger partial charge in [0.1, 0.15) is 5.75 Å². The van der Waals surface area contributed by atoms with Gasteiger partial charge in [0.05, 0.1) is 17.8 Å². The first-order chi connectivity index (χ1) is 11.7. The highest BCUT2D eigenvalue weighted by molar-refractivity contribution is 6.32. The quantitative estimate of drug-likeness (QED) is 0.707. The molecule has 1 heterocycles. The summed E-state index contributed by atoms with van der Waals surface area (Å²) in [5.41, 5.74) is 3.79. The van der Waals surface area contributed by atoms with Crippen LogP contribution in [-0.4, -0.2) is 11.7 Å². The number of hydrogen-bond donors (Lipinski definition) is 0. The Morgan fingerprint density at radius 1 is 1.08 bits per heavy atom. The Balaban J connectivity index is 2.84. The van der Waals surface area contributed by atoms with Crippen LogP contribution in [0.4, 0.5) is 0 Å². The van der Waals surface area contributed by atoms with Crippen LogP contribution in [0.25, 0.3) is 5.69 Å². The van der Waals surface area contributed by atoms with Gasteiger partial charge in [-0.2, -0.15) is 0 Å². The van der Waals surface area contributed by atoms with Gasteiger partial charge in [-0.25, -0.2) is 0 Å². The molecule has 0 N–H and O–H groups in total. The van der Waals surface area contributed by atoms with Gasteiger partial charge in [-0.3, -0.25) is 4.79 Å². The maximum absolute atomic E-state index is 12.5. The second-order valence-electron chi connectivity index (χ2n) is 7.42. The molecule has 0 aliphatic rings. The molecule has 4 heteroatoms. The SMILES string of the molecule is COc1ccc(Cl)c(-n2c(CC(C)C)cc(=O)c(C)c2CC(C)C)c1. The Morgan fingerprint density at radius 3 is 2.28 bits per heavy atom. The summed E-state index contributed by atoms with van der Waals surface area (Å²) >= 11 is 6.54. The molecule has 25 heavy (non-hydrogen) atoms. The van der Waals surface area contributed by atoms with Crippen LogP contribution in [0.5, 0.6) is 5.75 Å². The lowest BCUT2D eigenvalue weighted by atomic mass is 9.99. The van der Waals surface area contributed by atoms with E-state index >= 15 is 0 Å². The molecule has 0 saturated carbocycles. The fourth-order valence-corrected chi connectivity index (χ4v) is 3.30. The summed E-state index contributed by atoms with van der Waals surface area (Å²) in [6, 6.07) is 7.40. The van der Waals surface area contributed by atoms with Crippen LogP contribution < -0.4 is 10.2 Å². The Morgan fingerprint density at radius 2 is 1.72 bits per heavy atom. The molecule has 1 aromatic heterocycles.